The first-order valence-electron chi connectivity index (χ1n) is 4.67. The lowest BCUT2D eigenvalue weighted by molar-refractivity contribution is 0.00819. The van der Waals surface area contributed by atoms with Crippen molar-refractivity contribution in [3.63, 3.8) is 0 Å². The number of thioether (sulfide) groups is 1. The minimum absolute atomic E-state index is 1.03. The summed E-state index contributed by atoms with van der Waals surface area (Å²) in [6.45, 7) is -2.63. The Balaban J connectivity index is 0.000000280. The SMILES string of the molecule is C1=CN(Cc2ccccc2)CS1.FC(F)F. The normalized spacial score (nSPS) is 13.9. The molecule has 0 aliphatic carbocycles. The molecule has 1 heterocycles. The van der Waals surface area contributed by atoms with Crippen LogP contribution < -0.4 is 0 Å². The molecule has 88 valence electrons. The summed E-state index contributed by atoms with van der Waals surface area (Å²) >= 11 is 1.85. The van der Waals surface area contributed by atoms with E-state index in [4.69, 9.17) is 0 Å². The first-order chi connectivity index (χ1) is 7.68. The topological polar surface area (TPSA) is 3.24 Å². The number of nitrogens with zero attached hydrogens (tertiary/aromatic N) is 1. The molecule has 5 heteroatoms. The lowest BCUT2D eigenvalue weighted by Gasteiger charge is -2.13. The third-order valence-electron chi connectivity index (χ3n) is 1.84. The minimum Gasteiger partial charge on any atom is -0.363 e. The van der Waals surface area contributed by atoms with Gasteiger partial charge in [0.2, 0.25) is 0 Å². The van der Waals surface area contributed by atoms with Gasteiger partial charge in [0, 0.05) is 12.7 Å². The molecule has 0 unspecified atom stereocenters. The first kappa shape index (κ1) is 13.0. The van der Waals surface area contributed by atoms with Crippen molar-refractivity contribution < 1.29 is 13.2 Å². The van der Waals surface area contributed by atoms with E-state index in [1.54, 1.807) is 0 Å². The highest BCUT2D eigenvalue weighted by Crippen LogP contribution is 2.17. The zero-order chi connectivity index (χ0) is 11.8. The number of benzene rings is 1. The van der Waals surface area contributed by atoms with Gasteiger partial charge in [-0.15, -0.1) is 11.8 Å². The largest absolute Gasteiger partial charge is 0.379 e. The maximum absolute atomic E-state index is 9.67. The number of hydrogen-bond donors (Lipinski definition) is 0. The van der Waals surface area contributed by atoms with E-state index in [1.807, 2.05) is 11.8 Å². The Kier molecular flexibility index (Phi) is 5.85. The second kappa shape index (κ2) is 7.22. The summed E-state index contributed by atoms with van der Waals surface area (Å²) in [6, 6.07) is 10.6. The zero-order valence-electron chi connectivity index (χ0n) is 8.52. The van der Waals surface area contributed by atoms with E-state index in [1.165, 1.54) is 5.56 Å². The summed E-state index contributed by atoms with van der Waals surface area (Å²) in [5, 5.41) is 2.14. The van der Waals surface area contributed by atoms with Gasteiger partial charge in [0.25, 0.3) is 0 Å². The molecule has 1 aromatic carbocycles. The number of hydrogen-bond acceptors (Lipinski definition) is 2. The second-order valence-corrected chi connectivity index (χ2v) is 3.92. The maximum Gasteiger partial charge on any atom is 0.379 e. The molecule has 0 saturated heterocycles. The van der Waals surface area contributed by atoms with Gasteiger partial charge in [0.1, 0.15) is 0 Å². The number of halogens is 3. The highest BCUT2D eigenvalue weighted by molar-refractivity contribution is 8.02. The fourth-order valence-corrected chi connectivity index (χ4v) is 1.94. The van der Waals surface area contributed by atoms with Crippen molar-refractivity contribution in [3.05, 3.63) is 47.5 Å². The molecule has 1 aliphatic heterocycles. The molecular formula is C11H12F3NS. The Labute approximate surface area is 96.9 Å². The van der Waals surface area contributed by atoms with E-state index in [-0.39, 0.29) is 0 Å². The molecule has 0 bridgehead atoms. The Morgan fingerprint density at radius 1 is 1.19 bits per heavy atom. The van der Waals surface area contributed by atoms with Gasteiger partial charge < -0.3 is 4.90 Å². The lowest BCUT2D eigenvalue weighted by atomic mass is 10.2. The third kappa shape index (κ3) is 5.70. The van der Waals surface area contributed by atoms with Crippen molar-refractivity contribution in [1.82, 2.24) is 4.90 Å². The molecule has 16 heavy (non-hydrogen) atoms. The minimum atomic E-state index is -3.67. The van der Waals surface area contributed by atoms with Gasteiger partial charge in [-0.3, -0.25) is 0 Å². The van der Waals surface area contributed by atoms with Crippen LogP contribution in [0.5, 0.6) is 0 Å². The summed E-state index contributed by atoms with van der Waals surface area (Å²) in [5.41, 5.74) is 1.38. The van der Waals surface area contributed by atoms with E-state index < -0.39 is 6.68 Å². The van der Waals surface area contributed by atoms with E-state index in [2.05, 4.69) is 46.8 Å². The fraction of sp³-hybridized carbons (Fsp3) is 0.273. The van der Waals surface area contributed by atoms with Crippen LogP contribution in [0.1, 0.15) is 5.56 Å². The van der Waals surface area contributed by atoms with Gasteiger partial charge >= 0.3 is 6.68 Å². The molecule has 0 radical (unpaired) electrons. The molecule has 0 atom stereocenters. The smallest absolute Gasteiger partial charge is 0.363 e. The summed E-state index contributed by atoms with van der Waals surface area (Å²) in [6.07, 6.45) is 2.15. The Morgan fingerprint density at radius 3 is 2.31 bits per heavy atom. The van der Waals surface area contributed by atoms with Gasteiger partial charge in [-0.05, 0) is 11.0 Å². The first-order valence-corrected chi connectivity index (χ1v) is 5.72. The van der Waals surface area contributed by atoms with Crippen LogP contribution in [-0.4, -0.2) is 17.5 Å². The van der Waals surface area contributed by atoms with Crippen LogP contribution in [0.15, 0.2) is 41.9 Å². The molecule has 1 aromatic rings. The molecule has 0 N–H and O–H groups in total. The van der Waals surface area contributed by atoms with Crippen molar-refractivity contribution in [2.24, 2.45) is 0 Å². The summed E-state index contributed by atoms with van der Waals surface area (Å²) in [5.74, 6) is 1.09. The van der Waals surface area contributed by atoms with Gasteiger partial charge in [-0.2, -0.15) is 13.2 Å². The Bertz CT molecular complexity index is 314. The summed E-state index contributed by atoms with van der Waals surface area (Å²) < 4.78 is 29.0. The van der Waals surface area contributed by atoms with Crippen LogP contribution in [0.25, 0.3) is 0 Å². The van der Waals surface area contributed by atoms with Crippen LogP contribution in [0.3, 0.4) is 0 Å². The van der Waals surface area contributed by atoms with E-state index >= 15 is 0 Å². The Hall–Kier alpha value is -1.10. The van der Waals surface area contributed by atoms with E-state index in [9.17, 15) is 13.2 Å². The highest BCUT2D eigenvalue weighted by Gasteiger charge is 2.03. The predicted octanol–water partition coefficient (Wildman–Crippen LogP) is 3.84. The van der Waals surface area contributed by atoms with Gasteiger partial charge in [0.15, 0.2) is 0 Å². The molecule has 1 nitrogen and oxygen atoms in total. The van der Waals surface area contributed by atoms with Crippen LogP contribution in [0.2, 0.25) is 0 Å². The van der Waals surface area contributed by atoms with Crippen molar-refractivity contribution in [2.45, 2.75) is 13.2 Å². The molecule has 0 fully saturated rings. The van der Waals surface area contributed by atoms with Crippen molar-refractivity contribution >= 4 is 11.8 Å². The third-order valence-corrected chi connectivity index (χ3v) is 2.63. The van der Waals surface area contributed by atoms with E-state index in [0.717, 1.165) is 12.4 Å². The molecule has 0 aromatic heterocycles. The number of rotatable bonds is 2. The zero-order valence-corrected chi connectivity index (χ0v) is 9.34. The summed E-state index contributed by atoms with van der Waals surface area (Å²) in [7, 11) is 0. The van der Waals surface area contributed by atoms with Crippen molar-refractivity contribution in [1.29, 1.82) is 0 Å². The van der Waals surface area contributed by atoms with Gasteiger partial charge in [0.05, 0.1) is 5.88 Å². The van der Waals surface area contributed by atoms with Crippen molar-refractivity contribution in [2.75, 3.05) is 5.88 Å². The maximum atomic E-state index is 9.67. The monoisotopic (exact) mass is 247 g/mol. The van der Waals surface area contributed by atoms with E-state index in [0.29, 0.717) is 0 Å². The molecular weight excluding hydrogens is 235 g/mol. The lowest BCUT2D eigenvalue weighted by Crippen LogP contribution is -2.11. The molecule has 2 rings (SSSR count). The molecule has 0 saturated carbocycles. The molecule has 0 spiro atoms. The summed E-state index contributed by atoms with van der Waals surface area (Å²) in [4.78, 5) is 2.31. The highest BCUT2D eigenvalue weighted by atomic mass is 32.2. The quantitative estimate of drug-likeness (QED) is 0.781. The van der Waals surface area contributed by atoms with Crippen molar-refractivity contribution in [3.8, 4) is 0 Å². The van der Waals surface area contributed by atoms with Gasteiger partial charge in [-0.1, -0.05) is 30.3 Å². The van der Waals surface area contributed by atoms with Crippen LogP contribution in [0, 0.1) is 0 Å². The fourth-order valence-electron chi connectivity index (χ4n) is 1.23. The standard InChI is InChI=1S/C10H11NS.CHF3/c1-2-4-10(5-3-1)8-11-6-7-12-9-11;2-1(3)4/h1-7H,8-9H2;1H. The number of alkyl halides is 3. The average Bonchev–Trinajstić information content (AvgIpc) is 2.71. The average molecular weight is 247 g/mol. The van der Waals surface area contributed by atoms with Crippen LogP contribution >= 0.6 is 11.8 Å². The van der Waals surface area contributed by atoms with Crippen LogP contribution in [-0.2, 0) is 6.54 Å². The molecule has 1 aliphatic rings. The predicted molar refractivity (Wildman–Crippen MR) is 60.7 cm³/mol. The van der Waals surface area contributed by atoms with Gasteiger partial charge in [-0.25, -0.2) is 0 Å². The molecule has 0 amide bonds. The van der Waals surface area contributed by atoms with Crippen LogP contribution in [0.4, 0.5) is 13.2 Å². The Morgan fingerprint density at radius 2 is 1.81 bits per heavy atom. The second-order valence-electron chi connectivity index (χ2n) is 3.06.